The molecule has 0 aliphatic carbocycles. The van der Waals surface area contributed by atoms with Crippen LogP contribution in [0.25, 0.3) is 0 Å². The average molecular weight is 309 g/mol. The van der Waals surface area contributed by atoms with E-state index in [0.29, 0.717) is 0 Å². The van der Waals surface area contributed by atoms with E-state index in [-0.39, 0.29) is 0 Å². The summed E-state index contributed by atoms with van der Waals surface area (Å²) in [5.74, 6) is 0. The molecule has 2 atom stereocenters. The van der Waals surface area contributed by atoms with Crippen LogP contribution in [-0.4, -0.2) is 30.1 Å². The number of piperidine rings is 1. The molecule has 1 aromatic carbocycles. The molecular formula is C15H21BrN2. The van der Waals surface area contributed by atoms with Gasteiger partial charge in [-0.25, -0.2) is 0 Å². The maximum atomic E-state index is 3.71. The Kier molecular flexibility index (Phi) is 3.73. The van der Waals surface area contributed by atoms with Gasteiger partial charge in [-0.1, -0.05) is 34.1 Å². The van der Waals surface area contributed by atoms with E-state index in [1.54, 1.807) is 0 Å². The molecule has 2 saturated heterocycles. The number of benzene rings is 1. The Morgan fingerprint density at radius 3 is 2.56 bits per heavy atom. The second-order valence-electron chi connectivity index (χ2n) is 5.77. The Morgan fingerprint density at radius 2 is 1.89 bits per heavy atom. The zero-order chi connectivity index (χ0) is 12.5. The van der Waals surface area contributed by atoms with Crippen molar-refractivity contribution < 1.29 is 0 Å². The molecule has 18 heavy (non-hydrogen) atoms. The lowest BCUT2D eigenvalue weighted by Gasteiger charge is -2.35. The molecule has 2 unspecified atom stereocenters. The first-order valence-electron chi connectivity index (χ1n) is 6.92. The Labute approximate surface area is 118 Å². The fraction of sp³-hybridized carbons (Fsp3) is 0.600. The van der Waals surface area contributed by atoms with Crippen molar-refractivity contribution in [2.24, 2.45) is 0 Å². The van der Waals surface area contributed by atoms with Crippen molar-refractivity contribution in [3.63, 3.8) is 0 Å². The van der Waals surface area contributed by atoms with Gasteiger partial charge in [0.2, 0.25) is 0 Å². The van der Waals surface area contributed by atoms with Gasteiger partial charge < -0.3 is 5.32 Å². The summed E-state index contributed by atoms with van der Waals surface area (Å²) in [5.41, 5.74) is 1.39. The van der Waals surface area contributed by atoms with Gasteiger partial charge in [-0.05, 0) is 44.4 Å². The maximum absolute atomic E-state index is 3.71. The highest BCUT2D eigenvalue weighted by Crippen LogP contribution is 2.30. The van der Waals surface area contributed by atoms with Gasteiger partial charge in [0.1, 0.15) is 0 Å². The van der Waals surface area contributed by atoms with Crippen LogP contribution in [0.3, 0.4) is 0 Å². The number of rotatable bonds is 3. The Balaban J connectivity index is 1.65. The van der Waals surface area contributed by atoms with Crippen LogP contribution in [0.4, 0.5) is 0 Å². The summed E-state index contributed by atoms with van der Waals surface area (Å²) in [6.45, 7) is 1.05. The molecular weight excluding hydrogens is 288 g/mol. The van der Waals surface area contributed by atoms with Crippen LogP contribution >= 0.6 is 15.9 Å². The minimum absolute atomic E-state index is 0.746. The first-order chi connectivity index (χ1) is 8.72. The van der Waals surface area contributed by atoms with Crippen molar-refractivity contribution in [2.75, 3.05) is 7.05 Å². The smallest absolute Gasteiger partial charge is 0.0244 e. The molecule has 2 aliphatic heterocycles. The second kappa shape index (κ2) is 5.32. The molecule has 2 bridgehead atoms. The van der Waals surface area contributed by atoms with E-state index in [1.165, 1.54) is 35.7 Å². The van der Waals surface area contributed by atoms with Crippen LogP contribution in [0.1, 0.15) is 31.2 Å². The highest BCUT2D eigenvalue weighted by Gasteiger charge is 2.34. The van der Waals surface area contributed by atoms with Gasteiger partial charge in [-0.3, -0.25) is 4.90 Å². The molecule has 0 saturated carbocycles. The van der Waals surface area contributed by atoms with Gasteiger partial charge >= 0.3 is 0 Å². The van der Waals surface area contributed by atoms with E-state index in [4.69, 9.17) is 0 Å². The lowest BCUT2D eigenvalue weighted by Crippen LogP contribution is -2.46. The largest absolute Gasteiger partial charge is 0.311 e. The van der Waals surface area contributed by atoms with Gasteiger partial charge in [-0.2, -0.15) is 0 Å². The van der Waals surface area contributed by atoms with E-state index >= 15 is 0 Å². The third-order valence-corrected chi connectivity index (χ3v) is 5.22. The van der Waals surface area contributed by atoms with Crippen LogP contribution in [-0.2, 0) is 6.54 Å². The standard InChI is InChI=1S/C15H21BrN2/c1-18(10-11-4-2-3-5-15(11)16)14-8-12-6-7-13(9-14)17-12/h2-5,12-14,17H,6-10H2,1H3. The summed E-state index contributed by atoms with van der Waals surface area (Å²) in [6.07, 6.45) is 5.39. The van der Waals surface area contributed by atoms with Crippen LogP contribution in [0.5, 0.6) is 0 Å². The highest BCUT2D eigenvalue weighted by molar-refractivity contribution is 9.10. The number of hydrogen-bond acceptors (Lipinski definition) is 2. The molecule has 98 valence electrons. The summed E-state index contributed by atoms with van der Waals surface area (Å²) in [5, 5.41) is 3.71. The van der Waals surface area contributed by atoms with Crippen molar-refractivity contribution in [1.29, 1.82) is 0 Å². The molecule has 2 fully saturated rings. The molecule has 0 radical (unpaired) electrons. The van der Waals surface area contributed by atoms with Crippen molar-refractivity contribution in [3.05, 3.63) is 34.3 Å². The number of nitrogens with zero attached hydrogens (tertiary/aromatic N) is 1. The average Bonchev–Trinajstić information content (AvgIpc) is 2.71. The predicted octanol–water partition coefficient (Wildman–Crippen LogP) is 3.16. The minimum Gasteiger partial charge on any atom is -0.311 e. The first-order valence-corrected chi connectivity index (χ1v) is 7.71. The normalized spacial score (nSPS) is 30.9. The molecule has 2 aliphatic rings. The summed E-state index contributed by atoms with van der Waals surface area (Å²) >= 11 is 3.65. The van der Waals surface area contributed by atoms with Gasteiger partial charge in [0.25, 0.3) is 0 Å². The van der Waals surface area contributed by atoms with Crippen LogP contribution in [0.2, 0.25) is 0 Å². The number of nitrogens with one attached hydrogen (secondary N) is 1. The molecule has 1 N–H and O–H groups in total. The van der Waals surface area contributed by atoms with Gasteiger partial charge in [0.15, 0.2) is 0 Å². The second-order valence-corrected chi connectivity index (χ2v) is 6.62. The van der Waals surface area contributed by atoms with Crippen molar-refractivity contribution in [3.8, 4) is 0 Å². The third-order valence-electron chi connectivity index (χ3n) is 4.45. The highest BCUT2D eigenvalue weighted by atomic mass is 79.9. The van der Waals surface area contributed by atoms with Crippen molar-refractivity contribution in [1.82, 2.24) is 10.2 Å². The number of halogens is 1. The van der Waals surface area contributed by atoms with Gasteiger partial charge in [0.05, 0.1) is 0 Å². The molecule has 3 heteroatoms. The van der Waals surface area contributed by atoms with Gasteiger partial charge in [-0.15, -0.1) is 0 Å². The summed E-state index contributed by atoms with van der Waals surface area (Å²) in [6, 6.07) is 10.9. The molecule has 2 nitrogen and oxygen atoms in total. The lowest BCUT2D eigenvalue weighted by molar-refractivity contribution is 0.165. The third kappa shape index (κ3) is 2.63. The fourth-order valence-corrected chi connectivity index (χ4v) is 3.82. The number of fused-ring (bicyclic) bond motifs is 2. The van der Waals surface area contributed by atoms with Gasteiger partial charge in [0, 0.05) is 29.1 Å². The van der Waals surface area contributed by atoms with E-state index in [1.807, 2.05) is 0 Å². The van der Waals surface area contributed by atoms with Crippen molar-refractivity contribution in [2.45, 2.75) is 50.4 Å². The van der Waals surface area contributed by atoms with Crippen LogP contribution in [0, 0.1) is 0 Å². The Bertz CT molecular complexity index is 409. The summed E-state index contributed by atoms with van der Waals surface area (Å²) < 4.78 is 1.23. The molecule has 0 aromatic heterocycles. The van der Waals surface area contributed by atoms with Crippen LogP contribution in [0.15, 0.2) is 28.7 Å². The van der Waals surface area contributed by atoms with E-state index in [9.17, 15) is 0 Å². The SMILES string of the molecule is CN(Cc1ccccc1Br)C1CC2CCC(C1)N2. The van der Waals surface area contributed by atoms with E-state index in [2.05, 4.69) is 57.5 Å². The molecule has 0 amide bonds. The fourth-order valence-electron chi connectivity index (χ4n) is 3.41. The summed E-state index contributed by atoms with van der Waals surface area (Å²) in [7, 11) is 2.27. The quantitative estimate of drug-likeness (QED) is 0.922. The predicted molar refractivity (Wildman–Crippen MR) is 78.6 cm³/mol. The monoisotopic (exact) mass is 308 g/mol. The van der Waals surface area contributed by atoms with Crippen molar-refractivity contribution >= 4 is 15.9 Å². The molecule has 0 spiro atoms. The molecule has 3 rings (SSSR count). The molecule has 2 heterocycles. The first kappa shape index (κ1) is 12.6. The van der Waals surface area contributed by atoms with E-state index < -0.39 is 0 Å². The summed E-state index contributed by atoms with van der Waals surface area (Å²) in [4.78, 5) is 2.53. The Hall–Kier alpha value is -0.380. The topological polar surface area (TPSA) is 15.3 Å². The number of hydrogen-bond donors (Lipinski definition) is 1. The zero-order valence-corrected chi connectivity index (χ0v) is 12.5. The zero-order valence-electron chi connectivity index (χ0n) is 10.9. The Morgan fingerprint density at radius 1 is 1.22 bits per heavy atom. The lowest BCUT2D eigenvalue weighted by atomic mass is 9.98. The molecule has 1 aromatic rings. The van der Waals surface area contributed by atoms with Crippen LogP contribution < -0.4 is 5.32 Å². The van der Waals surface area contributed by atoms with E-state index in [0.717, 1.165) is 24.7 Å². The maximum Gasteiger partial charge on any atom is 0.0244 e. The minimum atomic E-state index is 0.746.